The van der Waals surface area contributed by atoms with Crippen LogP contribution in [0, 0.1) is 0 Å². The van der Waals surface area contributed by atoms with Gasteiger partial charge in [-0.05, 0) is 11.6 Å². The van der Waals surface area contributed by atoms with Crippen LogP contribution in [-0.2, 0) is 16.1 Å². The van der Waals surface area contributed by atoms with Crippen LogP contribution >= 0.6 is 11.6 Å². The smallest absolute Gasteiger partial charge is 0.337 e. The third kappa shape index (κ3) is 2.68. The number of carboxylic acids is 1. The van der Waals surface area contributed by atoms with Crippen LogP contribution in [0.5, 0.6) is 0 Å². The molecule has 82 valence electrons. The Morgan fingerprint density at radius 3 is 2.80 bits per heavy atom. The van der Waals surface area contributed by atoms with Gasteiger partial charge in [0.2, 0.25) is 0 Å². The minimum Gasteiger partial charge on any atom is -0.479 e. The van der Waals surface area contributed by atoms with Gasteiger partial charge in [-0.3, -0.25) is 0 Å². The molecule has 0 radical (unpaired) electrons. The minimum absolute atomic E-state index is 0.188. The number of rotatable bonds is 4. The molecule has 0 aliphatic carbocycles. The molecule has 1 rings (SSSR count). The van der Waals surface area contributed by atoms with Crippen molar-refractivity contribution >= 4 is 17.6 Å². The molecule has 0 aromatic heterocycles. The maximum Gasteiger partial charge on any atom is 0.337 e. The first-order valence-corrected chi connectivity index (χ1v) is 4.62. The summed E-state index contributed by atoms with van der Waals surface area (Å²) in [7, 11) is 1.48. The first kappa shape index (κ1) is 12.0. The standard InChI is InChI=1S/C10H11ClO4/c1-15-5-6-3-2-4-7(11)8(6)9(12)10(13)14/h2-4,9,12H,5H2,1H3,(H,13,14). The van der Waals surface area contributed by atoms with Crippen molar-refractivity contribution in [1.82, 2.24) is 0 Å². The molecule has 1 unspecified atom stereocenters. The van der Waals surface area contributed by atoms with E-state index in [1.807, 2.05) is 0 Å². The minimum atomic E-state index is -1.62. The lowest BCUT2D eigenvalue weighted by molar-refractivity contribution is -0.147. The number of ether oxygens (including phenoxy) is 1. The molecule has 0 saturated carbocycles. The Balaban J connectivity index is 3.17. The summed E-state index contributed by atoms with van der Waals surface area (Å²) in [5.41, 5.74) is 0.758. The van der Waals surface area contributed by atoms with E-state index in [4.69, 9.17) is 21.4 Å². The van der Waals surface area contributed by atoms with E-state index in [1.165, 1.54) is 13.2 Å². The molecule has 0 amide bonds. The lowest BCUT2D eigenvalue weighted by Crippen LogP contribution is -2.13. The van der Waals surface area contributed by atoms with Crippen molar-refractivity contribution in [3.8, 4) is 0 Å². The average molecular weight is 231 g/mol. The molecule has 0 spiro atoms. The average Bonchev–Trinajstić information content (AvgIpc) is 2.17. The lowest BCUT2D eigenvalue weighted by Gasteiger charge is -2.13. The van der Waals surface area contributed by atoms with E-state index >= 15 is 0 Å². The Kier molecular flexibility index (Phi) is 4.08. The Hall–Kier alpha value is -1.10. The normalized spacial score (nSPS) is 12.5. The third-order valence-corrected chi connectivity index (χ3v) is 2.28. The number of hydrogen-bond acceptors (Lipinski definition) is 3. The highest BCUT2D eigenvalue weighted by atomic mass is 35.5. The van der Waals surface area contributed by atoms with E-state index in [0.29, 0.717) is 5.56 Å². The van der Waals surface area contributed by atoms with Crippen molar-refractivity contribution in [2.45, 2.75) is 12.7 Å². The highest BCUT2D eigenvalue weighted by Crippen LogP contribution is 2.27. The van der Waals surface area contributed by atoms with Gasteiger partial charge in [0.15, 0.2) is 6.10 Å². The number of benzene rings is 1. The molecule has 1 atom stereocenters. The van der Waals surface area contributed by atoms with Gasteiger partial charge < -0.3 is 14.9 Å². The summed E-state index contributed by atoms with van der Waals surface area (Å²) in [5.74, 6) is -1.33. The fourth-order valence-corrected chi connectivity index (χ4v) is 1.59. The van der Waals surface area contributed by atoms with Gasteiger partial charge in [-0.25, -0.2) is 4.79 Å². The van der Waals surface area contributed by atoms with Crippen molar-refractivity contribution < 1.29 is 19.7 Å². The fourth-order valence-electron chi connectivity index (χ4n) is 1.29. The molecule has 0 fully saturated rings. The van der Waals surface area contributed by atoms with E-state index in [1.54, 1.807) is 12.1 Å². The molecule has 0 bridgehead atoms. The number of hydrogen-bond donors (Lipinski definition) is 2. The third-order valence-electron chi connectivity index (χ3n) is 1.95. The first-order chi connectivity index (χ1) is 7.07. The number of aliphatic carboxylic acids is 1. The maximum atomic E-state index is 10.7. The van der Waals surface area contributed by atoms with Gasteiger partial charge in [0.25, 0.3) is 0 Å². The fraction of sp³-hybridized carbons (Fsp3) is 0.300. The summed E-state index contributed by atoms with van der Waals surface area (Å²) in [6.07, 6.45) is -1.62. The molecule has 1 aromatic rings. The van der Waals surface area contributed by atoms with Crippen LogP contribution in [-0.4, -0.2) is 23.3 Å². The number of aliphatic hydroxyl groups excluding tert-OH is 1. The Morgan fingerprint density at radius 2 is 2.27 bits per heavy atom. The van der Waals surface area contributed by atoms with E-state index in [9.17, 15) is 9.90 Å². The van der Waals surface area contributed by atoms with E-state index in [2.05, 4.69) is 0 Å². The molecule has 1 aromatic carbocycles. The number of aliphatic hydroxyl groups is 1. The largest absolute Gasteiger partial charge is 0.479 e. The zero-order valence-corrected chi connectivity index (χ0v) is 8.86. The van der Waals surface area contributed by atoms with Gasteiger partial charge in [-0.2, -0.15) is 0 Å². The van der Waals surface area contributed by atoms with Crippen molar-refractivity contribution in [2.75, 3.05) is 7.11 Å². The summed E-state index contributed by atoms with van der Waals surface area (Å²) in [4.78, 5) is 10.7. The predicted octanol–water partition coefficient (Wildman–Crippen LogP) is 1.60. The molecular formula is C10H11ClO4. The second kappa shape index (κ2) is 5.11. The maximum absolute atomic E-state index is 10.7. The quantitative estimate of drug-likeness (QED) is 0.825. The first-order valence-electron chi connectivity index (χ1n) is 4.25. The van der Waals surface area contributed by atoms with Crippen molar-refractivity contribution in [3.05, 3.63) is 34.3 Å². The van der Waals surface area contributed by atoms with Gasteiger partial charge in [0.1, 0.15) is 0 Å². The van der Waals surface area contributed by atoms with E-state index in [0.717, 1.165) is 0 Å². The topological polar surface area (TPSA) is 66.8 Å². The zero-order valence-electron chi connectivity index (χ0n) is 8.11. The van der Waals surface area contributed by atoms with Crippen molar-refractivity contribution in [2.24, 2.45) is 0 Å². The predicted molar refractivity (Wildman–Crippen MR) is 54.8 cm³/mol. The van der Waals surface area contributed by atoms with Gasteiger partial charge in [0.05, 0.1) is 6.61 Å². The van der Waals surface area contributed by atoms with Gasteiger partial charge in [-0.15, -0.1) is 0 Å². The summed E-state index contributed by atoms with van der Waals surface area (Å²) in [6.45, 7) is 0.209. The highest BCUT2D eigenvalue weighted by Gasteiger charge is 2.22. The van der Waals surface area contributed by atoms with Crippen LogP contribution in [0.2, 0.25) is 5.02 Å². The number of carboxylic acid groups (broad SMARTS) is 1. The molecular weight excluding hydrogens is 220 g/mol. The molecule has 0 heterocycles. The Labute approximate surface area is 92.1 Å². The highest BCUT2D eigenvalue weighted by molar-refractivity contribution is 6.31. The summed E-state index contributed by atoms with van der Waals surface area (Å²) < 4.78 is 4.89. The van der Waals surface area contributed by atoms with Crippen molar-refractivity contribution in [1.29, 1.82) is 0 Å². The Morgan fingerprint density at radius 1 is 1.60 bits per heavy atom. The SMILES string of the molecule is COCc1cccc(Cl)c1C(O)C(=O)O. The monoisotopic (exact) mass is 230 g/mol. The summed E-state index contributed by atoms with van der Waals surface area (Å²) in [6, 6.07) is 4.87. The van der Waals surface area contributed by atoms with E-state index < -0.39 is 12.1 Å². The van der Waals surface area contributed by atoms with Crippen LogP contribution in [0.4, 0.5) is 0 Å². The van der Waals surface area contributed by atoms with Gasteiger partial charge in [-0.1, -0.05) is 23.7 Å². The van der Waals surface area contributed by atoms with Crippen LogP contribution in [0.3, 0.4) is 0 Å². The molecule has 5 heteroatoms. The number of methoxy groups -OCH3 is 1. The molecule has 0 aliphatic heterocycles. The van der Waals surface area contributed by atoms with Gasteiger partial charge in [0, 0.05) is 17.7 Å². The second-order valence-electron chi connectivity index (χ2n) is 2.99. The Bertz CT molecular complexity index is 364. The van der Waals surface area contributed by atoms with E-state index in [-0.39, 0.29) is 17.2 Å². The van der Waals surface area contributed by atoms with Crippen LogP contribution in [0.15, 0.2) is 18.2 Å². The number of halogens is 1. The zero-order chi connectivity index (χ0) is 11.4. The molecule has 15 heavy (non-hydrogen) atoms. The van der Waals surface area contributed by atoms with Gasteiger partial charge >= 0.3 is 5.97 Å². The van der Waals surface area contributed by atoms with Crippen molar-refractivity contribution in [3.63, 3.8) is 0 Å². The summed E-state index contributed by atoms with van der Waals surface area (Å²) >= 11 is 5.83. The van der Waals surface area contributed by atoms with Crippen LogP contribution in [0.1, 0.15) is 17.2 Å². The number of carbonyl (C=O) groups is 1. The molecule has 4 nitrogen and oxygen atoms in total. The molecule has 2 N–H and O–H groups in total. The molecule has 0 saturated heterocycles. The summed E-state index contributed by atoms with van der Waals surface area (Å²) in [5, 5.41) is 18.4. The van der Waals surface area contributed by atoms with Crippen LogP contribution < -0.4 is 0 Å². The second-order valence-corrected chi connectivity index (χ2v) is 3.39. The lowest BCUT2D eigenvalue weighted by atomic mass is 10.0. The van der Waals surface area contributed by atoms with Crippen LogP contribution in [0.25, 0.3) is 0 Å². The molecule has 0 aliphatic rings.